The number of nitrogens with one attached hydrogen (secondary N) is 1. The number of pyridine rings is 2. The molecule has 0 spiro atoms. The first-order chi connectivity index (χ1) is 18.6. The number of nitrogens with zero attached hydrogens (tertiary/aromatic N) is 4. The smallest absolute Gasteiger partial charge is 0.414 e. The number of carbonyl (C=O) groups excluding carboxylic acids is 2. The number of ether oxygens (including phenoxy) is 1. The monoisotopic (exact) mass is 529 g/mol. The molecule has 0 atom stereocenters. The van der Waals surface area contributed by atoms with Crippen LogP contribution in [0.2, 0.25) is 0 Å². The molecule has 4 rings (SSSR count). The maximum absolute atomic E-state index is 13.3. The van der Waals surface area contributed by atoms with Gasteiger partial charge in [0.15, 0.2) is 0 Å². The Morgan fingerprint density at radius 2 is 1.77 bits per heavy atom. The van der Waals surface area contributed by atoms with Crippen LogP contribution in [0.5, 0.6) is 0 Å². The Labute approximate surface area is 231 Å². The van der Waals surface area contributed by atoms with Gasteiger partial charge in [-0.15, -0.1) is 0 Å². The minimum atomic E-state index is -0.513. The molecule has 2 aromatic heterocycles. The van der Waals surface area contributed by atoms with Gasteiger partial charge in [0.1, 0.15) is 5.82 Å². The number of amides is 2. The second kappa shape index (κ2) is 12.3. The number of aromatic nitrogens is 2. The molecule has 1 fully saturated rings. The van der Waals surface area contributed by atoms with Crippen molar-refractivity contribution < 1.29 is 14.3 Å². The lowest BCUT2D eigenvalue weighted by molar-refractivity contribution is 0.102. The van der Waals surface area contributed by atoms with Crippen molar-refractivity contribution in [1.82, 2.24) is 9.97 Å². The van der Waals surface area contributed by atoms with E-state index in [1.807, 2.05) is 70.2 Å². The molecule has 1 N–H and O–H groups in total. The highest BCUT2D eigenvalue weighted by molar-refractivity contribution is 6.07. The van der Waals surface area contributed by atoms with E-state index in [9.17, 15) is 9.59 Å². The first-order valence-electron chi connectivity index (χ1n) is 13.6. The van der Waals surface area contributed by atoms with E-state index < -0.39 is 11.6 Å². The van der Waals surface area contributed by atoms with Crippen LogP contribution in [0.15, 0.2) is 60.8 Å². The molecule has 0 bridgehead atoms. The van der Waals surface area contributed by atoms with Crippen LogP contribution in [0.1, 0.15) is 62.3 Å². The highest BCUT2D eigenvalue weighted by atomic mass is 16.6. The number of rotatable bonds is 7. The highest BCUT2D eigenvalue weighted by Crippen LogP contribution is 2.28. The van der Waals surface area contributed by atoms with E-state index in [0.717, 1.165) is 43.1 Å². The third kappa shape index (κ3) is 7.34. The van der Waals surface area contributed by atoms with Crippen LogP contribution in [0, 0.1) is 12.8 Å². The molecule has 2 amide bonds. The van der Waals surface area contributed by atoms with Gasteiger partial charge in [-0.05, 0) is 95.0 Å². The fourth-order valence-corrected chi connectivity index (χ4v) is 4.69. The Bertz CT molecular complexity index is 1260. The Hall–Kier alpha value is -3.94. The lowest BCUT2D eigenvalue weighted by Gasteiger charge is -2.34. The third-order valence-corrected chi connectivity index (χ3v) is 6.89. The second-order valence-corrected chi connectivity index (χ2v) is 11.2. The number of carbonyl (C=O) groups is 2. The number of hydrogen-bond acceptors (Lipinski definition) is 6. The summed E-state index contributed by atoms with van der Waals surface area (Å²) in [7, 11) is 0. The number of benzene rings is 1. The number of hydrogen-bond donors (Lipinski definition) is 1. The first kappa shape index (κ1) is 28.1. The molecule has 1 saturated heterocycles. The van der Waals surface area contributed by atoms with Gasteiger partial charge in [0, 0.05) is 54.0 Å². The lowest BCUT2D eigenvalue weighted by Crippen LogP contribution is -2.46. The molecule has 8 nitrogen and oxygen atoms in total. The molecule has 0 unspecified atom stereocenters. The summed E-state index contributed by atoms with van der Waals surface area (Å²) in [5, 5.41) is 3.01. The zero-order valence-corrected chi connectivity index (χ0v) is 23.6. The van der Waals surface area contributed by atoms with Crippen molar-refractivity contribution in [3.8, 4) is 0 Å². The van der Waals surface area contributed by atoms with Crippen molar-refractivity contribution in [3.63, 3.8) is 0 Å². The van der Waals surface area contributed by atoms with Gasteiger partial charge in [-0.3, -0.25) is 14.7 Å². The standard InChI is InChI=1S/C31H39N5O3/c1-22-15-19-35(20-16-22)28-27(14-9-23(2)33-28)29(37)34-25-10-12-26(13-11-25)36(31(3,4)5)30(38)39-21-17-24-8-6-7-18-32-24/h6-14,18,22H,15-17,19-21H2,1-5H3,(H,34,37). The Kier molecular flexibility index (Phi) is 8.84. The number of piperidine rings is 1. The van der Waals surface area contributed by atoms with Gasteiger partial charge >= 0.3 is 6.09 Å². The van der Waals surface area contributed by atoms with Crippen LogP contribution in [-0.2, 0) is 11.2 Å². The molecule has 3 heterocycles. The fourth-order valence-electron chi connectivity index (χ4n) is 4.69. The van der Waals surface area contributed by atoms with Gasteiger partial charge in [-0.2, -0.15) is 0 Å². The number of anilines is 3. The van der Waals surface area contributed by atoms with E-state index in [2.05, 4.69) is 22.1 Å². The van der Waals surface area contributed by atoms with E-state index in [1.165, 1.54) is 0 Å². The molecule has 0 aliphatic carbocycles. The van der Waals surface area contributed by atoms with Crippen molar-refractivity contribution in [2.45, 2.75) is 59.4 Å². The van der Waals surface area contributed by atoms with E-state index in [-0.39, 0.29) is 12.5 Å². The molecule has 3 aromatic rings. The van der Waals surface area contributed by atoms with Crippen molar-refractivity contribution in [3.05, 3.63) is 77.7 Å². The lowest BCUT2D eigenvalue weighted by atomic mass is 9.99. The van der Waals surface area contributed by atoms with Crippen molar-refractivity contribution in [2.75, 3.05) is 34.8 Å². The SMILES string of the molecule is Cc1ccc(C(=O)Nc2ccc(N(C(=O)OCCc3ccccn3)C(C)(C)C)cc2)c(N2CCC(C)CC2)n1. The summed E-state index contributed by atoms with van der Waals surface area (Å²) >= 11 is 0. The van der Waals surface area contributed by atoms with Crippen molar-refractivity contribution >= 4 is 29.2 Å². The van der Waals surface area contributed by atoms with E-state index in [1.54, 1.807) is 23.2 Å². The van der Waals surface area contributed by atoms with Crippen LogP contribution in [0.25, 0.3) is 0 Å². The predicted octanol–water partition coefficient (Wildman–Crippen LogP) is 6.26. The summed E-state index contributed by atoms with van der Waals surface area (Å²) in [4.78, 5) is 39.2. The summed E-state index contributed by atoms with van der Waals surface area (Å²) in [6, 6.07) is 16.6. The number of aryl methyl sites for hydroxylation is 1. The Balaban J connectivity index is 1.44. The molecular formula is C31H39N5O3. The summed E-state index contributed by atoms with van der Waals surface area (Å²) < 4.78 is 5.59. The molecule has 0 radical (unpaired) electrons. The molecule has 1 aromatic carbocycles. The molecule has 8 heteroatoms. The zero-order chi connectivity index (χ0) is 28.0. The molecule has 0 saturated carbocycles. The summed E-state index contributed by atoms with van der Waals surface area (Å²) in [5.41, 5.74) is 3.13. The van der Waals surface area contributed by atoms with Crippen LogP contribution >= 0.6 is 0 Å². The van der Waals surface area contributed by atoms with E-state index >= 15 is 0 Å². The zero-order valence-electron chi connectivity index (χ0n) is 23.6. The summed E-state index contributed by atoms with van der Waals surface area (Å²) in [5.74, 6) is 1.22. The molecule has 39 heavy (non-hydrogen) atoms. The van der Waals surface area contributed by atoms with E-state index in [4.69, 9.17) is 9.72 Å². The minimum Gasteiger partial charge on any atom is -0.449 e. The molecule has 1 aliphatic rings. The third-order valence-electron chi connectivity index (χ3n) is 6.89. The largest absolute Gasteiger partial charge is 0.449 e. The second-order valence-electron chi connectivity index (χ2n) is 11.2. The van der Waals surface area contributed by atoms with E-state index in [0.29, 0.717) is 29.3 Å². The van der Waals surface area contributed by atoms with Crippen molar-refractivity contribution in [1.29, 1.82) is 0 Å². The average molecular weight is 530 g/mol. The topological polar surface area (TPSA) is 87.7 Å². The van der Waals surface area contributed by atoms with Crippen LogP contribution < -0.4 is 15.1 Å². The summed E-state index contributed by atoms with van der Waals surface area (Å²) in [6.07, 6.45) is 4.02. The van der Waals surface area contributed by atoms with Crippen LogP contribution in [0.4, 0.5) is 22.0 Å². The maximum atomic E-state index is 13.3. The average Bonchev–Trinajstić information content (AvgIpc) is 2.90. The van der Waals surface area contributed by atoms with Gasteiger partial charge in [-0.25, -0.2) is 9.78 Å². The Morgan fingerprint density at radius 1 is 1.05 bits per heavy atom. The maximum Gasteiger partial charge on any atom is 0.414 e. The quantitative estimate of drug-likeness (QED) is 0.389. The van der Waals surface area contributed by atoms with Gasteiger partial charge in [0.25, 0.3) is 5.91 Å². The first-order valence-corrected chi connectivity index (χ1v) is 13.6. The van der Waals surface area contributed by atoms with Gasteiger partial charge < -0.3 is 15.0 Å². The molecular weight excluding hydrogens is 490 g/mol. The van der Waals surface area contributed by atoms with Crippen molar-refractivity contribution in [2.24, 2.45) is 5.92 Å². The van der Waals surface area contributed by atoms with Gasteiger partial charge in [0.2, 0.25) is 0 Å². The predicted molar refractivity (Wildman–Crippen MR) is 156 cm³/mol. The fraction of sp³-hybridized carbons (Fsp3) is 0.419. The van der Waals surface area contributed by atoms with Crippen LogP contribution in [-0.4, -0.2) is 47.2 Å². The van der Waals surface area contributed by atoms with Crippen LogP contribution in [0.3, 0.4) is 0 Å². The minimum absolute atomic E-state index is 0.203. The molecule has 1 aliphatic heterocycles. The Morgan fingerprint density at radius 3 is 2.41 bits per heavy atom. The molecule has 206 valence electrons. The normalized spacial score (nSPS) is 14.1. The summed E-state index contributed by atoms with van der Waals surface area (Å²) in [6.45, 7) is 12.1. The van der Waals surface area contributed by atoms with Gasteiger partial charge in [0.05, 0.1) is 12.2 Å². The van der Waals surface area contributed by atoms with Gasteiger partial charge in [-0.1, -0.05) is 13.0 Å². The highest BCUT2D eigenvalue weighted by Gasteiger charge is 2.30.